The van der Waals surface area contributed by atoms with Crippen molar-refractivity contribution >= 4 is 5.91 Å². The second-order valence-electron chi connectivity index (χ2n) is 3.91. The molecule has 17 heavy (non-hydrogen) atoms. The van der Waals surface area contributed by atoms with Crippen LogP contribution >= 0.6 is 0 Å². The molecule has 0 aromatic heterocycles. The number of benzene rings is 1. The van der Waals surface area contributed by atoms with Crippen molar-refractivity contribution < 1.29 is 9.53 Å². The van der Waals surface area contributed by atoms with Crippen LogP contribution in [0.15, 0.2) is 24.8 Å². The van der Waals surface area contributed by atoms with Crippen LogP contribution in [0, 0.1) is 13.8 Å². The summed E-state index contributed by atoms with van der Waals surface area (Å²) in [4.78, 5) is 11.0. The Balaban J connectivity index is 2.94. The van der Waals surface area contributed by atoms with Crippen LogP contribution < -0.4 is 16.0 Å². The summed E-state index contributed by atoms with van der Waals surface area (Å²) in [5, 5.41) is 0. The van der Waals surface area contributed by atoms with Crippen LogP contribution in [0.2, 0.25) is 0 Å². The Morgan fingerprint density at radius 2 is 2.24 bits per heavy atom. The van der Waals surface area contributed by atoms with Gasteiger partial charge in [-0.15, -0.1) is 6.58 Å². The van der Waals surface area contributed by atoms with Crippen molar-refractivity contribution in [1.29, 1.82) is 0 Å². The van der Waals surface area contributed by atoms with Gasteiger partial charge in [0.2, 0.25) is 0 Å². The van der Waals surface area contributed by atoms with Crippen molar-refractivity contribution in [3.8, 4) is 5.75 Å². The quantitative estimate of drug-likeness (QED) is 0.350. The van der Waals surface area contributed by atoms with Gasteiger partial charge >= 0.3 is 0 Å². The first kappa shape index (κ1) is 13.3. The van der Waals surface area contributed by atoms with Gasteiger partial charge in [-0.05, 0) is 37.5 Å². The van der Waals surface area contributed by atoms with E-state index in [2.05, 4.69) is 12.6 Å². The molecule has 4 heteroatoms. The van der Waals surface area contributed by atoms with Crippen molar-refractivity contribution in [3.05, 3.63) is 41.5 Å². The second-order valence-corrected chi connectivity index (χ2v) is 3.91. The van der Waals surface area contributed by atoms with Crippen LogP contribution in [-0.4, -0.2) is 12.5 Å². The minimum Gasteiger partial charge on any atom is -0.483 e. The van der Waals surface area contributed by atoms with Gasteiger partial charge in [0.05, 0.1) is 0 Å². The first-order valence-corrected chi connectivity index (χ1v) is 5.41. The number of hydrazine groups is 1. The lowest BCUT2D eigenvalue weighted by molar-refractivity contribution is -0.123. The number of nitrogens with one attached hydrogen (secondary N) is 1. The Morgan fingerprint density at radius 3 is 2.82 bits per heavy atom. The largest absolute Gasteiger partial charge is 0.483 e. The summed E-state index contributed by atoms with van der Waals surface area (Å²) in [6, 6.07) is 3.99. The topological polar surface area (TPSA) is 64.3 Å². The van der Waals surface area contributed by atoms with Crippen molar-refractivity contribution in [3.63, 3.8) is 0 Å². The number of carbonyl (C=O) groups excluding carboxylic acids is 1. The molecule has 1 rings (SSSR count). The highest BCUT2D eigenvalue weighted by Gasteiger charge is 2.08. The molecular formula is C13H18N2O2. The van der Waals surface area contributed by atoms with Crippen LogP contribution in [0.25, 0.3) is 0 Å². The molecule has 1 aromatic carbocycles. The average molecular weight is 234 g/mol. The van der Waals surface area contributed by atoms with Crippen molar-refractivity contribution in [2.24, 2.45) is 5.84 Å². The lowest BCUT2D eigenvalue weighted by Gasteiger charge is -2.13. The van der Waals surface area contributed by atoms with Gasteiger partial charge in [0.1, 0.15) is 5.75 Å². The summed E-state index contributed by atoms with van der Waals surface area (Å²) in [6.07, 6.45) is 2.53. The monoisotopic (exact) mass is 234 g/mol. The highest BCUT2D eigenvalue weighted by Crippen LogP contribution is 2.25. The molecule has 4 nitrogen and oxygen atoms in total. The highest BCUT2D eigenvalue weighted by molar-refractivity contribution is 5.76. The third-order valence-electron chi connectivity index (χ3n) is 2.44. The van der Waals surface area contributed by atoms with E-state index >= 15 is 0 Å². The fraction of sp³-hybridized carbons (Fsp3) is 0.308. The van der Waals surface area contributed by atoms with E-state index in [1.807, 2.05) is 31.4 Å². The molecule has 3 N–H and O–H groups in total. The fourth-order valence-electron chi connectivity index (χ4n) is 1.68. The van der Waals surface area contributed by atoms with E-state index in [1.165, 1.54) is 0 Å². The predicted octanol–water partition coefficient (Wildman–Crippen LogP) is 1.40. The SMILES string of the molecule is C=CCc1c(C)cc(C)cc1OCC(=O)NN. The zero-order valence-corrected chi connectivity index (χ0v) is 10.2. The summed E-state index contributed by atoms with van der Waals surface area (Å²) in [5.41, 5.74) is 5.31. The maximum atomic E-state index is 11.0. The standard InChI is InChI=1S/C13H18N2O2/c1-4-5-11-10(3)6-9(2)7-12(11)17-8-13(16)15-14/h4,6-7H,1,5,8,14H2,2-3H3,(H,15,16). The van der Waals surface area contributed by atoms with E-state index in [-0.39, 0.29) is 12.5 Å². The number of allylic oxidation sites excluding steroid dienone is 1. The molecule has 0 radical (unpaired) electrons. The molecule has 0 saturated heterocycles. The summed E-state index contributed by atoms with van der Waals surface area (Å²) >= 11 is 0. The van der Waals surface area contributed by atoms with Gasteiger partial charge in [0.25, 0.3) is 5.91 Å². The third kappa shape index (κ3) is 3.60. The summed E-state index contributed by atoms with van der Waals surface area (Å²) in [7, 11) is 0. The lowest BCUT2D eigenvalue weighted by Crippen LogP contribution is -2.34. The highest BCUT2D eigenvalue weighted by atomic mass is 16.5. The second kappa shape index (κ2) is 6.06. The molecular weight excluding hydrogens is 216 g/mol. The molecule has 0 spiro atoms. The average Bonchev–Trinajstić information content (AvgIpc) is 2.29. The number of hydrogen-bond donors (Lipinski definition) is 2. The maximum Gasteiger partial charge on any atom is 0.271 e. The van der Waals surface area contributed by atoms with Gasteiger partial charge in [-0.2, -0.15) is 0 Å². The van der Waals surface area contributed by atoms with Crippen LogP contribution in [0.4, 0.5) is 0 Å². The summed E-state index contributed by atoms with van der Waals surface area (Å²) < 4.78 is 5.46. The van der Waals surface area contributed by atoms with Crippen LogP contribution in [0.1, 0.15) is 16.7 Å². The van der Waals surface area contributed by atoms with Gasteiger partial charge in [-0.3, -0.25) is 10.2 Å². The molecule has 0 atom stereocenters. The lowest BCUT2D eigenvalue weighted by atomic mass is 10.0. The maximum absolute atomic E-state index is 11.0. The molecule has 0 aliphatic rings. The smallest absolute Gasteiger partial charge is 0.271 e. The van der Waals surface area contributed by atoms with E-state index in [9.17, 15) is 4.79 Å². The van der Waals surface area contributed by atoms with E-state index < -0.39 is 0 Å². The van der Waals surface area contributed by atoms with Gasteiger partial charge in [0.15, 0.2) is 6.61 Å². The number of hydrogen-bond acceptors (Lipinski definition) is 3. The molecule has 92 valence electrons. The molecule has 0 fully saturated rings. The van der Waals surface area contributed by atoms with Gasteiger partial charge in [-0.25, -0.2) is 5.84 Å². The van der Waals surface area contributed by atoms with Crippen molar-refractivity contribution in [2.75, 3.05) is 6.61 Å². The number of nitrogens with two attached hydrogens (primary N) is 1. The zero-order valence-electron chi connectivity index (χ0n) is 10.2. The minimum atomic E-state index is -0.353. The predicted molar refractivity (Wildman–Crippen MR) is 67.6 cm³/mol. The van der Waals surface area contributed by atoms with Gasteiger partial charge < -0.3 is 4.74 Å². The fourth-order valence-corrected chi connectivity index (χ4v) is 1.68. The number of aryl methyl sites for hydroxylation is 2. The first-order chi connectivity index (χ1) is 8.08. The summed E-state index contributed by atoms with van der Waals surface area (Å²) in [5.74, 6) is 5.36. The number of carbonyl (C=O) groups is 1. The van der Waals surface area contributed by atoms with Crippen LogP contribution in [0.3, 0.4) is 0 Å². The van der Waals surface area contributed by atoms with Gasteiger partial charge in [-0.1, -0.05) is 12.1 Å². The molecule has 1 amide bonds. The Kier molecular flexibility index (Phi) is 4.72. The Labute approximate surface area is 101 Å². The number of rotatable bonds is 5. The molecule has 0 saturated carbocycles. The number of amides is 1. The van der Waals surface area contributed by atoms with E-state index in [4.69, 9.17) is 10.6 Å². The molecule has 0 heterocycles. The van der Waals surface area contributed by atoms with Crippen LogP contribution in [0.5, 0.6) is 5.75 Å². The Bertz CT molecular complexity index is 428. The molecule has 0 unspecified atom stereocenters. The molecule has 0 aliphatic heterocycles. The van der Waals surface area contributed by atoms with Gasteiger partial charge in [0, 0.05) is 5.56 Å². The van der Waals surface area contributed by atoms with E-state index in [0.29, 0.717) is 12.2 Å². The van der Waals surface area contributed by atoms with Crippen LogP contribution in [-0.2, 0) is 11.2 Å². The zero-order chi connectivity index (χ0) is 12.8. The first-order valence-electron chi connectivity index (χ1n) is 5.41. The molecule has 0 aliphatic carbocycles. The number of ether oxygens (including phenoxy) is 1. The Morgan fingerprint density at radius 1 is 1.53 bits per heavy atom. The molecule has 0 bridgehead atoms. The molecule has 1 aromatic rings. The van der Waals surface area contributed by atoms with Crippen molar-refractivity contribution in [1.82, 2.24) is 5.43 Å². The van der Waals surface area contributed by atoms with E-state index in [1.54, 1.807) is 0 Å². The van der Waals surface area contributed by atoms with E-state index in [0.717, 1.165) is 16.7 Å². The summed E-state index contributed by atoms with van der Waals surface area (Å²) in [6.45, 7) is 7.64. The Hall–Kier alpha value is -1.81. The van der Waals surface area contributed by atoms with Crippen molar-refractivity contribution in [2.45, 2.75) is 20.3 Å². The normalized spacial score (nSPS) is 9.82. The minimum absolute atomic E-state index is 0.0798. The third-order valence-corrected chi connectivity index (χ3v) is 2.44.